The fourth-order valence-electron chi connectivity index (χ4n) is 7.61. The molecular formula is C38H42NO2P. The Balaban J connectivity index is 1.52. The van der Waals surface area contributed by atoms with Gasteiger partial charge in [0.15, 0.2) is 0 Å². The van der Waals surface area contributed by atoms with Gasteiger partial charge in [0.2, 0.25) is 0 Å². The Morgan fingerprint density at radius 1 is 0.571 bits per heavy atom. The molecule has 0 bridgehead atoms. The zero-order chi connectivity index (χ0) is 28.5. The SMILES string of the molecule is CO[C@H]1CN(c2ccc3c(c2-c2c(P(c4ccccc4)c4ccccc4)ccc4c2CCCC4)CCCC3)C[C@@H]1OC. The molecule has 3 nitrogen and oxygen atoms in total. The topological polar surface area (TPSA) is 21.7 Å². The number of aryl methyl sites for hydroxylation is 2. The summed E-state index contributed by atoms with van der Waals surface area (Å²) in [6.07, 6.45) is 9.94. The Labute approximate surface area is 252 Å². The van der Waals surface area contributed by atoms with Crippen LogP contribution in [0.15, 0.2) is 84.9 Å². The minimum absolute atomic E-state index is 0.0776. The van der Waals surface area contributed by atoms with Crippen LogP contribution in [0.3, 0.4) is 0 Å². The first kappa shape index (κ1) is 27.8. The molecular weight excluding hydrogens is 533 g/mol. The van der Waals surface area contributed by atoms with Crippen molar-refractivity contribution in [3.63, 3.8) is 0 Å². The predicted octanol–water partition coefficient (Wildman–Crippen LogP) is 6.72. The van der Waals surface area contributed by atoms with Crippen molar-refractivity contribution in [3.05, 3.63) is 107 Å². The molecule has 1 heterocycles. The molecule has 3 aliphatic rings. The van der Waals surface area contributed by atoms with Gasteiger partial charge in [0.1, 0.15) is 12.2 Å². The van der Waals surface area contributed by atoms with E-state index in [1.165, 1.54) is 71.3 Å². The molecule has 2 atom stereocenters. The van der Waals surface area contributed by atoms with E-state index in [0.29, 0.717) is 0 Å². The van der Waals surface area contributed by atoms with E-state index in [-0.39, 0.29) is 12.2 Å². The zero-order valence-corrected chi connectivity index (χ0v) is 25.9. The molecule has 0 radical (unpaired) electrons. The van der Waals surface area contributed by atoms with Crippen LogP contribution in [-0.2, 0) is 35.2 Å². The van der Waals surface area contributed by atoms with Gasteiger partial charge in [0.05, 0.1) is 0 Å². The highest BCUT2D eigenvalue weighted by atomic mass is 31.1. The molecule has 4 aromatic rings. The monoisotopic (exact) mass is 575 g/mol. The van der Waals surface area contributed by atoms with Crippen molar-refractivity contribution in [2.45, 2.75) is 63.6 Å². The second-order valence-electron chi connectivity index (χ2n) is 12.1. The minimum Gasteiger partial charge on any atom is -0.377 e. The normalized spacial score (nSPS) is 20.0. The van der Waals surface area contributed by atoms with E-state index in [9.17, 15) is 0 Å². The van der Waals surface area contributed by atoms with Crippen LogP contribution in [0.1, 0.15) is 47.9 Å². The summed E-state index contributed by atoms with van der Waals surface area (Å²) >= 11 is 0. The fraction of sp³-hybridized carbons (Fsp3) is 0.368. The standard InChI is InChI=1S/C38H42NO2P/c1-40-34-25-39(26-35(34)41-2)33-23-21-27-13-9-11-19-31(27)37(33)38-32-20-12-10-14-28(32)22-24-36(38)42(29-15-5-3-6-16-29)30-17-7-4-8-18-30/h3-8,15-18,21-24,34-35H,9-14,19-20,25-26H2,1-2H3/t34-,35-/m0/s1. The fourth-order valence-corrected chi connectivity index (χ4v) is 10.1. The summed E-state index contributed by atoms with van der Waals surface area (Å²) in [6, 6.07) is 32.4. The molecule has 2 aliphatic carbocycles. The van der Waals surface area contributed by atoms with Crippen molar-refractivity contribution < 1.29 is 9.47 Å². The first-order valence-corrected chi connectivity index (χ1v) is 17.1. The van der Waals surface area contributed by atoms with Crippen molar-refractivity contribution >= 4 is 29.5 Å². The molecule has 0 saturated carbocycles. The molecule has 1 fully saturated rings. The smallest absolute Gasteiger partial charge is 0.102 e. The number of rotatable bonds is 7. The van der Waals surface area contributed by atoms with E-state index in [4.69, 9.17) is 9.47 Å². The molecule has 0 aromatic heterocycles. The number of hydrogen-bond donors (Lipinski definition) is 0. The molecule has 42 heavy (non-hydrogen) atoms. The molecule has 0 N–H and O–H groups in total. The molecule has 0 amide bonds. The van der Waals surface area contributed by atoms with Gasteiger partial charge in [-0.25, -0.2) is 0 Å². The van der Waals surface area contributed by atoms with Gasteiger partial charge < -0.3 is 14.4 Å². The van der Waals surface area contributed by atoms with Gasteiger partial charge in [-0.15, -0.1) is 0 Å². The lowest BCUT2D eigenvalue weighted by atomic mass is 9.80. The quantitative estimate of drug-likeness (QED) is 0.229. The van der Waals surface area contributed by atoms with E-state index < -0.39 is 7.92 Å². The third kappa shape index (κ3) is 5.11. The van der Waals surface area contributed by atoms with E-state index >= 15 is 0 Å². The zero-order valence-electron chi connectivity index (χ0n) is 25.0. The Hall–Kier alpha value is -2.97. The highest BCUT2D eigenvalue weighted by molar-refractivity contribution is 7.80. The Morgan fingerprint density at radius 2 is 1.07 bits per heavy atom. The third-order valence-electron chi connectivity index (χ3n) is 9.70. The lowest BCUT2D eigenvalue weighted by Gasteiger charge is -2.33. The number of hydrogen-bond acceptors (Lipinski definition) is 3. The van der Waals surface area contributed by atoms with Crippen LogP contribution < -0.4 is 20.8 Å². The van der Waals surface area contributed by atoms with Crippen LogP contribution in [0.5, 0.6) is 0 Å². The number of ether oxygens (including phenoxy) is 2. The Kier molecular flexibility index (Phi) is 8.17. The molecule has 216 valence electrons. The first-order chi connectivity index (χ1) is 20.8. The van der Waals surface area contributed by atoms with Gasteiger partial charge in [-0.3, -0.25) is 0 Å². The van der Waals surface area contributed by atoms with Crippen molar-refractivity contribution in [2.24, 2.45) is 0 Å². The van der Waals surface area contributed by atoms with Gasteiger partial charge in [0, 0.05) is 38.6 Å². The molecule has 0 unspecified atom stereocenters. The minimum atomic E-state index is -0.735. The van der Waals surface area contributed by atoms with E-state index in [2.05, 4.69) is 89.8 Å². The van der Waals surface area contributed by atoms with Crippen molar-refractivity contribution in [2.75, 3.05) is 32.2 Å². The lowest BCUT2D eigenvalue weighted by molar-refractivity contribution is -0.00461. The van der Waals surface area contributed by atoms with E-state index in [1.54, 1.807) is 22.3 Å². The summed E-state index contributed by atoms with van der Waals surface area (Å²) in [7, 11) is 2.92. The summed E-state index contributed by atoms with van der Waals surface area (Å²) in [5.41, 5.74) is 10.7. The number of fused-ring (bicyclic) bond motifs is 2. The summed E-state index contributed by atoms with van der Waals surface area (Å²) in [6.45, 7) is 1.72. The summed E-state index contributed by atoms with van der Waals surface area (Å²) in [5, 5.41) is 4.35. The lowest BCUT2D eigenvalue weighted by Crippen LogP contribution is -2.27. The highest BCUT2D eigenvalue weighted by Gasteiger charge is 2.36. The molecule has 0 spiro atoms. The van der Waals surface area contributed by atoms with Crippen molar-refractivity contribution in [1.29, 1.82) is 0 Å². The third-order valence-corrected chi connectivity index (χ3v) is 12.2. The highest BCUT2D eigenvalue weighted by Crippen LogP contribution is 2.47. The maximum absolute atomic E-state index is 5.93. The Bertz CT molecular complexity index is 1480. The molecule has 7 rings (SSSR count). The molecule has 1 saturated heterocycles. The van der Waals surface area contributed by atoms with E-state index in [1.807, 2.05) is 14.2 Å². The summed E-state index contributed by atoms with van der Waals surface area (Å²) in [4.78, 5) is 2.56. The summed E-state index contributed by atoms with van der Waals surface area (Å²) < 4.78 is 11.9. The van der Waals surface area contributed by atoms with Crippen molar-refractivity contribution in [1.82, 2.24) is 0 Å². The largest absolute Gasteiger partial charge is 0.377 e. The van der Waals surface area contributed by atoms with Gasteiger partial charge in [-0.05, 0) is 109 Å². The van der Waals surface area contributed by atoms with Crippen LogP contribution in [0.2, 0.25) is 0 Å². The Morgan fingerprint density at radius 3 is 1.62 bits per heavy atom. The van der Waals surface area contributed by atoms with Crippen LogP contribution in [0.25, 0.3) is 11.1 Å². The number of nitrogens with zero attached hydrogens (tertiary/aromatic N) is 1. The average molecular weight is 576 g/mol. The number of benzene rings is 4. The van der Waals surface area contributed by atoms with Gasteiger partial charge >= 0.3 is 0 Å². The second-order valence-corrected chi connectivity index (χ2v) is 14.3. The maximum atomic E-state index is 5.93. The maximum Gasteiger partial charge on any atom is 0.102 e. The van der Waals surface area contributed by atoms with Gasteiger partial charge in [-0.1, -0.05) is 78.9 Å². The number of methoxy groups -OCH3 is 2. The average Bonchev–Trinajstić information content (AvgIpc) is 3.49. The van der Waals surface area contributed by atoms with Crippen LogP contribution in [0.4, 0.5) is 5.69 Å². The van der Waals surface area contributed by atoms with E-state index in [0.717, 1.165) is 25.9 Å². The second kappa shape index (κ2) is 12.3. The summed E-state index contributed by atoms with van der Waals surface area (Å²) in [5.74, 6) is 0. The van der Waals surface area contributed by atoms with Crippen LogP contribution in [-0.4, -0.2) is 39.5 Å². The van der Waals surface area contributed by atoms with Crippen LogP contribution >= 0.6 is 7.92 Å². The molecule has 4 aromatic carbocycles. The van der Waals surface area contributed by atoms with Gasteiger partial charge in [-0.2, -0.15) is 0 Å². The van der Waals surface area contributed by atoms with Crippen LogP contribution in [0, 0.1) is 0 Å². The first-order valence-electron chi connectivity index (χ1n) is 15.8. The van der Waals surface area contributed by atoms with Crippen molar-refractivity contribution in [3.8, 4) is 11.1 Å². The molecule has 4 heteroatoms. The number of anilines is 1. The van der Waals surface area contributed by atoms with Gasteiger partial charge in [0.25, 0.3) is 0 Å². The molecule has 1 aliphatic heterocycles. The predicted molar refractivity (Wildman–Crippen MR) is 178 cm³/mol.